The fourth-order valence-electron chi connectivity index (χ4n) is 9.14. The summed E-state index contributed by atoms with van der Waals surface area (Å²) in [5.74, 6) is 2.17. The van der Waals surface area contributed by atoms with E-state index in [1.807, 2.05) is 0 Å². The highest BCUT2D eigenvalue weighted by molar-refractivity contribution is 5.49. The van der Waals surface area contributed by atoms with Crippen LogP contribution in [0.4, 0.5) is 0 Å². The van der Waals surface area contributed by atoms with Crippen molar-refractivity contribution >= 4 is 0 Å². The Morgan fingerprint density at radius 3 is 2.44 bits per heavy atom. The topological polar surface area (TPSA) is 26.7 Å². The van der Waals surface area contributed by atoms with Crippen LogP contribution in [0.5, 0.6) is 0 Å². The van der Waals surface area contributed by atoms with Crippen LogP contribution < -0.4 is 0 Å². The SMILES string of the molecule is C[C@H](CN1CCN(C)CC1)[C@H]1CC=C2C3=C(CC[C@@]21C)[C@@]1(C)CC[C@H](O)C(C)(C)[C@@H]1CC3. The largest absolute Gasteiger partial charge is 0.393 e. The molecule has 0 unspecified atom stereocenters. The van der Waals surface area contributed by atoms with E-state index in [9.17, 15) is 5.11 Å². The number of hydrogen-bond donors (Lipinski definition) is 1. The first-order valence-electron chi connectivity index (χ1n) is 13.6. The zero-order chi connectivity index (χ0) is 22.9. The minimum atomic E-state index is -0.137. The number of piperazine rings is 1. The highest BCUT2D eigenvalue weighted by Crippen LogP contribution is 2.66. The van der Waals surface area contributed by atoms with Gasteiger partial charge in [0.2, 0.25) is 0 Å². The van der Waals surface area contributed by atoms with Crippen molar-refractivity contribution in [2.75, 3.05) is 39.8 Å². The summed E-state index contributed by atoms with van der Waals surface area (Å²) < 4.78 is 0. The maximum absolute atomic E-state index is 10.8. The summed E-state index contributed by atoms with van der Waals surface area (Å²) in [6.07, 6.45) is 11.1. The normalized spacial score (nSPS) is 43.3. The smallest absolute Gasteiger partial charge is 0.0594 e. The zero-order valence-electron chi connectivity index (χ0n) is 21.7. The van der Waals surface area contributed by atoms with Gasteiger partial charge in [-0.1, -0.05) is 46.3 Å². The molecule has 3 heteroatoms. The Hall–Kier alpha value is -0.640. The van der Waals surface area contributed by atoms with Gasteiger partial charge in [0, 0.05) is 32.7 Å². The molecular formula is C29H48N2O. The second kappa shape index (κ2) is 7.95. The molecule has 6 atom stereocenters. The van der Waals surface area contributed by atoms with E-state index in [1.165, 1.54) is 71.2 Å². The predicted molar refractivity (Wildman–Crippen MR) is 134 cm³/mol. The molecule has 1 saturated carbocycles. The van der Waals surface area contributed by atoms with E-state index in [-0.39, 0.29) is 11.5 Å². The Morgan fingerprint density at radius 1 is 1.00 bits per heavy atom. The summed E-state index contributed by atoms with van der Waals surface area (Å²) >= 11 is 0. The number of aliphatic hydroxyl groups is 1. The summed E-state index contributed by atoms with van der Waals surface area (Å²) in [6, 6.07) is 0. The average Bonchev–Trinajstić information content (AvgIpc) is 3.10. The molecule has 0 bridgehead atoms. The molecule has 0 aromatic rings. The van der Waals surface area contributed by atoms with Crippen molar-refractivity contribution in [2.45, 2.75) is 85.7 Å². The molecule has 5 aliphatic rings. The molecule has 0 aromatic carbocycles. The van der Waals surface area contributed by atoms with Gasteiger partial charge in [0.15, 0.2) is 0 Å². The number of likely N-dealkylation sites (N-methyl/N-ethyl adjacent to an activating group) is 1. The summed E-state index contributed by atoms with van der Waals surface area (Å²) in [6.45, 7) is 18.6. The van der Waals surface area contributed by atoms with E-state index >= 15 is 0 Å². The van der Waals surface area contributed by atoms with Crippen molar-refractivity contribution in [3.8, 4) is 0 Å². The number of hydrogen-bond acceptors (Lipinski definition) is 3. The van der Waals surface area contributed by atoms with E-state index in [1.54, 1.807) is 16.7 Å². The van der Waals surface area contributed by atoms with Crippen molar-refractivity contribution in [1.82, 2.24) is 9.80 Å². The first-order chi connectivity index (χ1) is 15.1. The van der Waals surface area contributed by atoms with Crippen molar-refractivity contribution in [1.29, 1.82) is 0 Å². The second-order valence-electron chi connectivity index (χ2n) is 13.3. The van der Waals surface area contributed by atoms with E-state index in [0.717, 1.165) is 18.3 Å². The first kappa shape index (κ1) is 23.1. The Bertz CT molecular complexity index is 804. The number of nitrogens with zero attached hydrogens (tertiary/aromatic N) is 2. The fourth-order valence-corrected chi connectivity index (χ4v) is 9.14. The molecule has 4 aliphatic carbocycles. The Morgan fingerprint density at radius 2 is 1.72 bits per heavy atom. The molecule has 0 radical (unpaired) electrons. The van der Waals surface area contributed by atoms with Gasteiger partial charge in [-0.2, -0.15) is 0 Å². The van der Waals surface area contributed by atoms with Crippen LogP contribution in [-0.4, -0.2) is 60.8 Å². The molecule has 0 aromatic heterocycles. The Balaban J connectivity index is 1.37. The third-order valence-corrected chi connectivity index (χ3v) is 11.3. The number of rotatable bonds is 3. The summed E-state index contributed by atoms with van der Waals surface area (Å²) in [4.78, 5) is 5.19. The second-order valence-corrected chi connectivity index (χ2v) is 13.3. The third kappa shape index (κ3) is 3.40. The van der Waals surface area contributed by atoms with Crippen molar-refractivity contribution in [3.05, 3.63) is 22.8 Å². The van der Waals surface area contributed by atoms with Crippen LogP contribution in [0.25, 0.3) is 0 Å². The lowest BCUT2D eigenvalue weighted by atomic mass is 9.46. The van der Waals surface area contributed by atoms with Crippen LogP contribution in [0, 0.1) is 34.0 Å². The predicted octanol–water partition coefficient (Wildman–Crippen LogP) is 5.51. The summed E-state index contributed by atoms with van der Waals surface area (Å²) in [7, 11) is 2.26. The van der Waals surface area contributed by atoms with Crippen LogP contribution in [0.1, 0.15) is 79.6 Å². The van der Waals surface area contributed by atoms with Gasteiger partial charge in [0.1, 0.15) is 0 Å². The highest BCUT2D eigenvalue weighted by atomic mass is 16.3. The molecule has 5 rings (SSSR count). The number of allylic oxidation sites excluding steroid dienone is 4. The molecule has 1 saturated heterocycles. The lowest BCUT2D eigenvalue weighted by molar-refractivity contribution is -0.0905. The molecule has 32 heavy (non-hydrogen) atoms. The molecule has 2 fully saturated rings. The summed E-state index contributed by atoms with van der Waals surface area (Å²) in [5, 5.41) is 10.8. The highest BCUT2D eigenvalue weighted by Gasteiger charge is 2.57. The quantitative estimate of drug-likeness (QED) is 0.627. The molecule has 1 N–H and O–H groups in total. The molecule has 180 valence electrons. The maximum Gasteiger partial charge on any atom is 0.0594 e. The Kier molecular flexibility index (Phi) is 5.75. The van der Waals surface area contributed by atoms with Gasteiger partial charge in [-0.15, -0.1) is 0 Å². The molecule has 3 nitrogen and oxygen atoms in total. The van der Waals surface area contributed by atoms with Crippen LogP contribution in [0.3, 0.4) is 0 Å². The van der Waals surface area contributed by atoms with Crippen molar-refractivity contribution < 1.29 is 5.11 Å². The monoisotopic (exact) mass is 440 g/mol. The van der Waals surface area contributed by atoms with E-state index < -0.39 is 0 Å². The maximum atomic E-state index is 10.8. The molecule has 0 amide bonds. The number of fused-ring (bicyclic) bond motifs is 4. The van der Waals surface area contributed by atoms with Crippen LogP contribution in [-0.2, 0) is 0 Å². The lowest BCUT2D eigenvalue weighted by Crippen LogP contribution is -2.53. The van der Waals surface area contributed by atoms with Gasteiger partial charge in [-0.05, 0) is 97.1 Å². The van der Waals surface area contributed by atoms with Crippen LogP contribution in [0.15, 0.2) is 22.8 Å². The summed E-state index contributed by atoms with van der Waals surface area (Å²) in [5.41, 5.74) is 6.01. The van der Waals surface area contributed by atoms with E-state index in [4.69, 9.17) is 0 Å². The molecule has 1 heterocycles. The van der Waals surface area contributed by atoms with E-state index in [2.05, 4.69) is 57.5 Å². The average molecular weight is 441 g/mol. The lowest BCUT2D eigenvalue weighted by Gasteiger charge is -2.59. The fraction of sp³-hybridized carbons (Fsp3) is 0.862. The van der Waals surface area contributed by atoms with Crippen molar-refractivity contribution in [3.63, 3.8) is 0 Å². The van der Waals surface area contributed by atoms with E-state index in [0.29, 0.717) is 16.7 Å². The standard InChI is InChI=1S/C29H48N2O/c1-20(19-31-17-15-30(6)16-18-31)22-8-9-23-21-7-10-25-27(2,3)26(32)12-14-29(25,5)24(21)11-13-28(22,23)4/h9,20,22,25-26,32H,7-8,10-19H2,1-6H3/t20-,22-,25+,26+,28-,29-/m1/s1. The van der Waals surface area contributed by atoms with Crippen molar-refractivity contribution in [2.24, 2.45) is 34.0 Å². The van der Waals surface area contributed by atoms with Gasteiger partial charge in [-0.25, -0.2) is 0 Å². The van der Waals surface area contributed by atoms with Gasteiger partial charge in [0.05, 0.1) is 6.10 Å². The first-order valence-corrected chi connectivity index (χ1v) is 13.6. The van der Waals surface area contributed by atoms with Crippen LogP contribution in [0.2, 0.25) is 0 Å². The van der Waals surface area contributed by atoms with Gasteiger partial charge >= 0.3 is 0 Å². The van der Waals surface area contributed by atoms with Crippen LogP contribution >= 0.6 is 0 Å². The number of aliphatic hydroxyl groups excluding tert-OH is 1. The third-order valence-electron chi connectivity index (χ3n) is 11.3. The van der Waals surface area contributed by atoms with Gasteiger partial charge in [-0.3, -0.25) is 0 Å². The minimum absolute atomic E-state index is 0.0376. The Labute approximate surface area is 197 Å². The molecular weight excluding hydrogens is 392 g/mol. The molecule has 0 spiro atoms. The minimum Gasteiger partial charge on any atom is -0.393 e. The van der Waals surface area contributed by atoms with Gasteiger partial charge in [0.25, 0.3) is 0 Å². The zero-order valence-corrected chi connectivity index (χ0v) is 21.7. The van der Waals surface area contributed by atoms with Gasteiger partial charge < -0.3 is 14.9 Å². The molecule has 1 aliphatic heterocycles.